The Bertz CT molecular complexity index is 662. The molecule has 3 nitrogen and oxygen atoms in total. The van der Waals surface area contributed by atoms with Crippen LogP contribution in [0.2, 0.25) is 5.02 Å². The van der Waals surface area contributed by atoms with Gasteiger partial charge in [0.25, 0.3) is 0 Å². The maximum Gasteiger partial charge on any atom is 0.334 e. The van der Waals surface area contributed by atoms with E-state index in [1.165, 1.54) is 7.48 Å². The standard InChI is InChI=1S/C13H9BClO3S/c15-8-2-1-3-9(6-8)19(17)10-4-5-11-12(7-10)14-18-13(11)16/h1-7,13,16H. The van der Waals surface area contributed by atoms with Gasteiger partial charge in [-0.1, -0.05) is 23.7 Å². The molecule has 0 fully saturated rings. The molecule has 2 atom stereocenters. The van der Waals surface area contributed by atoms with Crippen molar-refractivity contribution in [1.82, 2.24) is 0 Å². The molecule has 95 valence electrons. The lowest BCUT2D eigenvalue weighted by atomic mass is 9.87. The van der Waals surface area contributed by atoms with Gasteiger partial charge in [0.2, 0.25) is 0 Å². The number of hydrogen-bond donors (Lipinski definition) is 1. The molecule has 0 saturated heterocycles. The van der Waals surface area contributed by atoms with Gasteiger partial charge in [-0.15, -0.1) is 0 Å². The molecule has 19 heavy (non-hydrogen) atoms. The second kappa shape index (κ2) is 5.09. The van der Waals surface area contributed by atoms with Gasteiger partial charge in [0.05, 0.1) is 10.8 Å². The molecule has 1 radical (unpaired) electrons. The monoisotopic (exact) mass is 291 g/mol. The highest BCUT2D eigenvalue weighted by atomic mass is 35.5. The van der Waals surface area contributed by atoms with E-state index in [4.69, 9.17) is 16.3 Å². The maximum absolute atomic E-state index is 12.4. The Kier molecular flexibility index (Phi) is 3.45. The van der Waals surface area contributed by atoms with Gasteiger partial charge in [-0.3, -0.25) is 0 Å². The first kappa shape index (κ1) is 12.9. The van der Waals surface area contributed by atoms with E-state index in [1.807, 2.05) is 0 Å². The first-order valence-electron chi connectivity index (χ1n) is 5.63. The van der Waals surface area contributed by atoms with E-state index in [0.29, 0.717) is 20.4 Å². The van der Waals surface area contributed by atoms with E-state index in [2.05, 4.69) is 0 Å². The van der Waals surface area contributed by atoms with E-state index in [-0.39, 0.29) is 0 Å². The number of aliphatic hydroxyl groups excluding tert-OH is 1. The predicted molar refractivity (Wildman–Crippen MR) is 74.0 cm³/mol. The van der Waals surface area contributed by atoms with Crippen LogP contribution in [0.5, 0.6) is 0 Å². The van der Waals surface area contributed by atoms with Crippen LogP contribution in [0, 0.1) is 0 Å². The van der Waals surface area contributed by atoms with Crippen LogP contribution in [-0.4, -0.2) is 16.8 Å². The van der Waals surface area contributed by atoms with Crippen molar-refractivity contribution in [2.45, 2.75) is 16.1 Å². The Balaban J connectivity index is 1.97. The zero-order valence-electron chi connectivity index (χ0n) is 9.75. The van der Waals surface area contributed by atoms with E-state index in [0.717, 1.165) is 5.46 Å². The van der Waals surface area contributed by atoms with Crippen molar-refractivity contribution in [3.05, 3.63) is 53.1 Å². The van der Waals surface area contributed by atoms with Gasteiger partial charge in [-0.05, 0) is 35.8 Å². The summed E-state index contributed by atoms with van der Waals surface area (Å²) in [6.45, 7) is 0. The van der Waals surface area contributed by atoms with E-state index in [1.54, 1.807) is 42.5 Å². The highest BCUT2D eigenvalue weighted by molar-refractivity contribution is 7.85. The first-order valence-corrected chi connectivity index (χ1v) is 7.16. The van der Waals surface area contributed by atoms with Crippen LogP contribution in [0.15, 0.2) is 52.3 Å². The minimum Gasteiger partial charge on any atom is -0.407 e. The van der Waals surface area contributed by atoms with Crippen LogP contribution < -0.4 is 5.46 Å². The topological polar surface area (TPSA) is 46.5 Å². The molecule has 0 amide bonds. The highest BCUT2D eigenvalue weighted by Crippen LogP contribution is 2.23. The summed E-state index contributed by atoms with van der Waals surface area (Å²) in [6.07, 6.45) is -0.927. The molecule has 0 saturated carbocycles. The van der Waals surface area contributed by atoms with E-state index >= 15 is 0 Å². The molecule has 1 aliphatic rings. The Hall–Kier alpha value is -1.14. The van der Waals surface area contributed by atoms with Crippen LogP contribution in [0.25, 0.3) is 0 Å². The Morgan fingerprint density at radius 3 is 2.79 bits per heavy atom. The normalized spacial score (nSPS) is 18.7. The van der Waals surface area contributed by atoms with Crippen molar-refractivity contribution in [1.29, 1.82) is 0 Å². The Labute approximate surface area is 118 Å². The number of halogens is 1. The second-order valence-electron chi connectivity index (χ2n) is 4.12. The average molecular weight is 292 g/mol. The molecule has 0 aromatic heterocycles. The van der Waals surface area contributed by atoms with E-state index < -0.39 is 17.1 Å². The van der Waals surface area contributed by atoms with Crippen molar-refractivity contribution in [2.75, 3.05) is 0 Å². The molecule has 2 unspecified atom stereocenters. The average Bonchev–Trinajstić information content (AvgIpc) is 2.79. The fourth-order valence-corrected chi connectivity index (χ4v) is 3.31. The molecule has 1 heterocycles. The lowest BCUT2D eigenvalue weighted by Crippen LogP contribution is -2.12. The smallest absolute Gasteiger partial charge is 0.334 e. The van der Waals surface area contributed by atoms with Crippen molar-refractivity contribution in [3.63, 3.8) is 0 Å². The summed E-state index contributed by atoms with van der Waals surface area (Å²) in [7, 11) is 0.169. The third-order valence-electron chi connectivity index (χ3n) is 2.87. The molecule has 2 aromatic carbocycles. The summed E-state index contributed by atoms with van der Waals surface area (Å²) in [4.78, 5) is 1.29. The molecule has 0 bridgehead atoms. The highest BCUT2D eigenvalue weighted by Gasteiger charge is 2.23. The van der Waals surface area contributed by atoms with Gasteiger partial charge in [0.15, 0.2) is 6.29 Å². The second-order valence-corrected chi connectivity index (χ2v) is 6.04. The summed E-state index contributed by atoms with van der Waals surface area (Å²) >= 11 is 5.90. The summed E-state index contributed by atoms with van der Waals surface area (Å²) in [5.41, 5.74) is 1.44. The summed E-state index contributed by atoms with van der Waals surface area (Å²) < 4.78 is 17.4. The Morgan fingerprint density at radius 2 is 2.00 bits per heavy atom. The lowest BCUT2D eigenvalue weighted by molar-refractivity contribution is -0.00795. The number of hydrogen-bond acceptors (Lipinski definition) is 3. The van der Waals surface area contributed by atoms with Crippen LogP contribution >= 0.6 is 11.6 Å². The lowest BCUT2D eigenvalue weighted by Gasteiger charge is -2.06. The molecule has 2 aromatic rings. The minimum atomic E-state index is -1.30. The quantitative estimate of drug-likeness (QED) is 0.858. The van der Waals surface area contributed by atoms with Gasteiger partial charge >= 0.3 is 7.48 Å². The van der Waals surface area contributed by atoms with Gasteiger partial charge in [-0.25, -0.2) is 4.21 Å². The third-order valence-corrected chi connectivity index (χ3v) is 4.47. The molecule has 0 spiro atoms. The number of benzene rings is 2. The van der Waals surface area contributed by atoms with Crippen LogP contribution in [-0.2, 0) is 15.5 Å². The molecular formula is C13H9BClO3S. The van der Waals surface area contributed by atoms with Crippen LogP contribution in [0.3, 0.4) is 0 Å². The summed E-state index contributed by atoms with van der Waals surface area (Å²) in [5.74, 6) is 0. The van der Waals surface area contributed by atoms with Crippen LogP contribution in [0.1, 0.15) is 11.9 Å². The summed E-state index contributed by atoms with van der Waals surface area (Å²) in [5, 5.41) is 10.1. The first-order chi connectivity index (χ1) is 9.15. The molecule has 6 heteroatoms. The molecule has 3 rings (SSSR count). The molecule has 1 aliphatic heterocycles. The van der Waals surface area contributed by atoms with E-state index in [9.17, 15) is 9.32 Å². The zero-order valence-corrected chi connectivity index (χ0v) is 11.3. The fraction of sp³-hybridized carbons (Fsp3) is 0.0769. The minimum absolute atomic E-state index is 0.553. The van der Waals surface area contributed by atoms with Crippen molar-refractivity contribution < 1.29 is 14.0 Å². The fourth-order valence-electron chi connectivity index (χ4n) is 1.92. The molecule has 0 aliphatic carbocycles. The third kappa shape index (κ3) is 2.47. The van der Waals surface area contributed by atoms with Crippen molar-refractivity contribution in [3.8, 4) is 0 Å². The van der Waals surface area contributed by atoms with Crippen LogP contribution in [0.4, 0.5) is 0 Å². The van der Waals surface area contributed by atoms with Gasteiger partial charge in [0.1, 0.15) is 0 Å². The van der Waals surface area contributed by atoms with Gasteiger partial charge in [0, 0.05) is 20.4 Å². The van der Waals surface area contributed by atoms with Crippen molar-refractivity contribution in [2.24, 2.45) is 0 Å². The van der Waals surface area contributed by atoms with Crippen molar-refractivity contribution >= 4 is 35.3 Å². The predicted octanol–water partition coefficient (Wildman–Crippen LogP) is 1.77. The largest absolute Gasteiger partial charge is 0.407 e. The van der Waals surface area contributed by atoms with Gasteiger partial charge in [-0.2, -0.15) is 0 Å². The molecular weight excluding hydrogens is 282 g/mol. The molecule has 1 N–H and O–H groups in total. The number of fused-ring (bicyclic) bond motifs is 1. The number of aliphatic hydroxyl groups is 1. The Morgan fingerprint density at radius 1 is 1.21 bits per heavy atom. The maximum atomic E-state index is 12.4. The summed E-state index contributed by atoms with van der Waals surface area (Å²) in [6, 6.07) is 12.2. The van der Waals surface area contributed by atoms with Gasteiger partial charge < -0.3 is 9.76 Å². The number of rotatable bonds is 2. The zero-order chi connectivity index (χ0) is 13.4. The SMILES string of the molecule is O=S(c1cccc(Cl)c1)c1ccc2c(c1)[B]OC2O.